The number of methoxy groups -OCH3 is 2. The number of carbonyl (C=O) groups is 2. The Morgan fingerprint density at radius 3 is 2.46 bits per heavy atom. The lowest BCUT2D eigenvalue weighted by Crippen LogP contribution is -2.40. The number of hydrogen-bond acceptors (Lipinski definition) is 9. The van der Waals surface area contributed by atoms with Gasteiger partial charge in [0.25, 0.3) is 5.91 Å². The third kappa shape index (κ3) is 8.38. The molecule has 1 saturated carbocycles. The van der Waals surface area contributed by atoms with E-state index < -0.39 is 30.0 Å². The van der Waals surface area contributed by atoms with E-state index in [0.29, 0.717) is 51.3 Å². The lowest BCUT2D eigenvalue weighted by Gasteiger charge is -2.29. The molecule has 3 aromatic rings. The molecule has 1 aliphatic carbocycles. The van der Waals surface area contributed by atoms with E-state index in [1.165, 1.54) is 26.4 Å². The van der Waals surface area contributed by atoms with E-state index in [4.69, 9.17) is 30.6 Å². The van der Waals surface area contributed by atoms with Crippen LogP contribution in [-0.4, -0.2) is 57.9 Å². The van der Waals surface area contributed by atoms with Gasteiger partial charge in [0, 0.05) is 45.9 Å². The van der Waals surface area contributed by atoms with Crippen molar-refractivity contribution in [3.05, 3.63) is 76.3 Å². The van der Waals surface area contributed by atoms with Crippen molar-refractivity contribution in [2.45, 2.75) is 63.8 Å². The van der Waals surface area contributed by atoms with Crippen LogP contribution in [0.4, 0.5) is 24.5 Å². The summed E-state index contributed by atoms with van der Waals surface area (Å²) in [6.07, 6.45) is -1.39. The summed E-state index contributed by atoms with van der Waals surface area (Å²) >= 11 is 6.30. The number of hydrogen-bond donors (Lipinski definition) is 1. The number of oxime groups is 1. The van der Waals surface area contributed by atoms with Gasteiger partial charge in [-0.25, -0.2) is 0 Å². The van der Waals surface area contributed by atoms with Crippen LogP contribution in [0.3, 0.4) is 0 Å². The molecule has 1 spiro atoms. The highest BCUT2D eigenvalue weighted by Gasteiger charge is 2.48. The maximum Gasteiger partial charge on any atom is 0.573 e. The van der Waals surface area contributed by atoms with Crippen LogP contribution in [-0.2, 0) is 24.6 Å². The molecule has 2 aliphatic rings. The minimum absolute atomic E-state index is 0.0205. The SMILES string of the molecule is CCOC(=O)CCO/N=C(\C)c1cc(NC(C(=O)N2CC3(CCCC3)c3ccc(OC(F)(F)F)cc32)c2ccc(Cl)cc2OC)cc(OC)c1. The largest absolute Gasteiger partial charge is 0.573 e. The minimum Gasteiger partial charge on any atom is -0.497 e. The zero-order valence-electron chi connectivity index (χ0n) is 28.2. The van der Waals surface area contributed by atoms with E-state index in [1.807, 2.05) is 0 Å². The predicted molar refractivity (Wildman–Crippen MR) is 182 cm³/mol. The lowest BCUT2D eigenvalue weighted by molar-refractivity contribution is -0.274. The van der Waals surface area contributed by atoms with Crippen molar-refractivity contribution in [3.63, 3.8) is 0 Å². The number of anilines is 2. The van der Waals surface area contributed by atoms with Gasteiger partial charge in [-0.15, -0.1) is 13.2 Å². The highest BCUT2D eigenvalue weighted by molar-refractivity contribution is 6.30. The van der Waals surface area contributed by atoms with Gasteiger partial charge in [0.05, 0.1) is 38.6 Å². The van der Waals surface area contributed by atoms with Gasteiger partial charge in [0.2, 0.25) is 0 Å². The summed E-state index contributed by atoms with van der Waals surface area (Å²) in [7, 11) is 2.96. The molecule has 14 heteroatoms. The first-order chi connectivity index (χ1) is 23.9. The van der Waals surface area contributed by atoms with Crippen LogP contribution in [0.2, 0.25) is 5.02 Å². The Balaban J connectivity index is 1.53. The van der Waals surface area contributed by atoms with Gasteiger partial charge in [-0.3, -0.25) is 9.59 Å². The second-order valence-electron chi connectivity index (χ2n) is 12.1. The smallest absolute Gasteiger partial charge is 0.497 e. The third-order valence-corrected chi connectivity index (χ3v) is 9.12. The number of nitrogens with one attached hydrogen (secondary N) is 1. The molecule has 1 N–H and O–H groups in total. The van der Waals surface area contributed by atoms with E-state index in [1.54, 1.807) is 61.2 Å². The monoisotopic (exact) mass is 717 g/mol. The van der Waals surface area contributed by atoms with E-state index in [0.717, 1.165) is 31.2 Å². The maximum absolute atomic E-state index is 14.9. The van der Waals surface area contributed by atoms with E-state index in [-0.39, 0.29) is 25.0 Å². The molecule has 0 saturated heterocycles. The number of halogens is 4. The van der Waals surface area contributed by atoms with E-state index in [2.05, 4.69) is 15.2 Å². The number of alkyl halides is 3. The quantitative estimate of drug-likeness (QED) is 0.0822. The van der Waals surface area contributed by atoms with Crippen molar-refractivity contribution < 1.29 is 46.5 Å². The van der Waals surface area contributed by atoms with E-state index >= 15 is 0 Å². The molecule has 0 aromatic heterocycles. The van der Waals surface area contributed by atoms with Crippen LogP contribution in [0.1, 0.15) is 68.7 Å². The third-order valence-electron chi connectivity index (χ3n) is 8.88. The molecule has 5 rings (SSSR count). The van der Waals surface area contributed by atoms with Crippen LogP contribution in [0, 0.1) is 0 Å². The standard InChI is InChI=1S/C36H39ClF3N3O7/c1-5-48-32(44)12-15-49-42-22(2)23-16-25(19-27(17-23)46-3)41-33(28-10-8-24(37)18-31(28)47-4)34(45)43-21-35(13-6-7-14-35)29-11-9-26(20-30(29)43)50-36(38,39)40/h8-11,16-20,33,41H,5-7,12-15,21H2,1-4H3/b42-22+. The van der Waals surface area contributed by atoms with Crippen molar-refractivity contribution in [1.82, 2.24) is 0 Å². The Hall–Kier alpha value is -4.65. The zero-order chi connectivity index (χ0) is 36.1. The summed E-state index contributed by atoms with van der Waals surface area (Å²) in [5, 5.41) is 7.86. The van der Waals surface area contributed by atoms with Crippen molar-refractivity contribution >= 4 is 40.6 Å². The Morgan fingerprint density at radius 2 is 1.78 bits per heavy atom. The summed E-state index contributed by atoms with van der Waals surface area (Å²) in [4.78, 5) is 33.4. The molecule has 10 nitrogen and oxygen atoms in total. The highest BCUT2D eigenvalue weighted by Crippen LogP contribution is 2.52. The summed E-state index contributed by atoms with van der Waals surface area (Å²) in [5.74, 6) is -0.439. The summed E-state index contributed by atoms with van der Waals surface area (Å²) in [6.45, 7) is 4.02. The Bertz CT molecular complexity index is 1740. The fourth-order valence-corrected chi connectivity index (χ4v) is 6.78. The second kappa shape index (κ2) is 15.5. The predicted octanol–water partition coefficient (Wildman–Crippen LogP) is 7.96. The normalized spacial score (nSPS) is 15.8. The molecule has 1 heterocycles. The zero-order valence-corrected chi connectivity index (χ0v) is 29.0. The van der Waals surface area contributed by atoms with Gasteiger partial charge in [-0.05, 0) is 62.6 Å². The summed E-state index contributed by atoms with van der Waals surface area (Å²) in [5.41, 5.74) is 2.79. The molecule has 50 heavy (non-hydrogen) atoms. The number of benzene rings is 3. The molecular weight excluding hydrogens is 679 g/mol. The number of ether oxygens (including phenoxy) is 4. The van der Waals surface area contributed by atoms with Crippen LogP contribution in [0.15, 0.2) is 59.8 Å². The number of carbonyl (C=O) groups excluding carboxylic acids is 2. The van der Waals surface area contributed by atoms with Crippen molar-refractivity contribution in [2.75, 3.05) is 44.2 Å². The van der Waals surface area contributed by atoms with Crippen molar-refractivity contribution in [1.29, 1.82) is 0 Å². The van der Waals surface area contributed by atoms with Gasteiger partial charge in [-0.1, -0.05) is 41.7 Å². The minimum atomic E-state index is -4.90. The van der Waals surface area contributed by atoms with Crippen LogP contribution >= 0.6 is 11.6 Å². The fourth-order valence-electron chi connectivity index (χ4n) is 6.61. The van der Waals surface area contributed by atoms with Crippen molar-refractivity contribution in [2.24, 2.45) is 5.16 Å². The van der Waals surface area contributed by atoms with E-state index in [9.17, 15) is 22.8 Å². The lowest BCUT2D eigenvalue weighted by atomic mass is 9.81. The molecule has 1 atom stereocenters. The molecule has 1 unspecified atom stereocenters. The molecular formula is C36H39ClF3N3O7. The number of fused-ring (bicyclic) bond motifs is 2. The van der Waals surface area contributed by atoms with Crippen molar-refractivity contribution in [3.8, 4) is 17.2 Å². The molecule has 1 aliphatic heterocycles. The van der Waals surface area contributed by atoms with Crippen LogP contribution < -0.4 is 24.4 Å². The average Bonchev–Trinajstić information content (AvgIpc) is 3.68. The first kappa shape index (κ1) is 36.6. The van der Waals surface area contributed by atoms with Gasteiger partial charge in [0.15, 0.2) is 0 Å². The topological polar surface area (TPSA) is 108 Å². The first-order valence-electron chi connectivity index (χ1n) is 16.2. The number of esters is 1. The maximum atomic E-state index is 14.9. The Labute approximate surface area is 293 Å². The van der Waals surface area contributed by atoms with Gasteiger partial charge >= 0.3 is 12.3 Å². The highest BCUT2D eigenvalue weighted by atomic mass is 35.5. The van der Waals surface area contributed by atoms with Gasteiger partial charge in [-0.2, -0.15) is 0 Å². The second-order valence-corrected chi connectivity index (χ2v) is 12.6. The molecule has 3 aromatic carbocycles. The van der Waals surface area contributed by atoms with Gasteiger partial charge in [0.1, 0.15) is 29.9 Å². The molecule has 1 fully saturated rings. The molecule has 268 valence electrons. The summed E-state index contributed by atoms with van der Waals surface area (Å²) < 4.78 is 60.2. The number of rotatable bonds is 13. The Morgan fingerprint density at radius 1 is 1.02 bits per heavy atom. The Kier molecular flexibility index (Phi) is 11.3. The van der Waals surface area contributed by atoms with Gasteiger partial charge < -0.3 is 34.0 Å². The molecule has 0 radical (unpaired) electrons. The summed E-state index contributed by atoms with van der Waals surface area (Å²) in [6, 6.07) is 13.2. The molecule has 0 bridgehead atoms. The fraction of sp³-hybridized carbons (Fsp3) is 0.417. The average molecular weight is 718 g/mol. The van der Waals surface area contributed by atoms with Crippen LogP contribution in [0.5, 0.6) is 17.2 Å². The number of nitrogens with zero attached hydrogens (tertiary/aromatic N) is 2. The van der Waals surface area contributed by atoms with Crippen LogP contribution in [0.25, 0.3) is 0 Å². The molecule has 1 amide bonds. The first-order valence-corrected chi connectivity index (χ1v) is 16.6. The number of amides is 1.